The molecule has 0 aliphatic carbocycles. The molecule has 0 bridgehead atoms. The summed E-state index contributed by atoms with van der Waals surface area (Å²) in [4.78, 5) is 23.7. The molecular formula is C21H22N4O2. The van der Waals surface area contributed by atoms with Crippen LogP contribution in [0.4, 0.5) is 0 Å². The van der Waals surface area contributed by atoms with E-state index in [1.807, 2.05) is 56.1 Å². The molecule has 1 amide bonds. The Labute approximate surface area is 158 Å². The van der Waals surface area contributed by atoms with Crippen molar-refractivity contribution in [3.63, 3.8) is 0 Å². The Morgan fingerprint density at radius 2 is 1.96 bits per heavy atom. The van der Waals surface area contributed by atoms with Gasteiger partial charge in [-0.05, 0) is 51.8 Å². The summed E-state index contributed by atoms with van der Waals surface area (Å²) in [5.41, 5.74) is 5.26. The second-order valence-electron chi connectivity index (χ2n) is 7.02. The lowest BCUT2D eigenvalue weighted by Crippen LogP contribution is -2.31. The molecule has 0 radical (unpaired) electrons. The Morgan fingerprint density at radius 1 is 1.11 bits per heavy atom. The minimum absolute atomic E-state index is 0.00229. The molecule has 1 saturated heterocycles. The molecule has 1 unspecified atom stereocenters. The zero-order chi connectivity index (χ0) is 19.0. The van der Waals surface area contributed by atoms with Crippen LogP contribution in [-0.4, -0.2) is 32.5 Å². The third-order valence-electron chi connectivity index (χ3n) is 5.12. The maximum absolute atomic E-state index is 12.9. The number of amides is 1. The van der Waals surface area contributed by atoms with Gasteiger partial charge in [-0.1, -0.05) is 11.2 Å². The van der Waals surface area contributed by atoms with E-state index in [2.05, 4.69) is 15.1 Å². The first-order valence-corrected chi connectivity index (χ1v) is 9.17. The van der Waals surface area contributed by atoms with Crippen LogP contribution in [0.1, 0.15) is 52.1 Å². The second kappa shape index (κ2) is 6.95. The number of aryl methyl sites for hydroxylation is 3. The summed E-state index contributed by atoms with van der Waals surface area (Å²) >= 11 is 0. The SMILES string of the molecule is Cc1ccc(C(=O)N2CCCC2c2ccc(-c3c(C)noc3C)cn2)cn1. The lowest BCUT2D eigenvalue weighted by atomic mass is 10.0. The van der Waals surface area contributed by atoms with Gasteiger partial charge in [0.25, 0.3) is 5.91 Å². The van der Waals surface area contributed by atoms with E-state index in [-0.39, 0.29) is 11.9 Å². The van der Waals surface area contributed by atoms with E-state index in [9.17, 15) is 4.79 Å². The van der Waals surface area contributed by atoms with Gasteiger partial charge >= 0.3 is 0 Å². The lowest BCUT2D eigenvalue weighted by Gasteiger charge is -2.24. The average molecular weight is 362 g/mol. The van der Waals surface area contributed by atoms with E-state index in [0.717, 1.165) is 53.4 Å². The standard InChI is InChI=1S/C21H22N4O2/c1-13-6-7-17(12-22-13)21(26)25-10-4-5-19(25)18-9-8-16(11-23-18)20-14(2)24-27-15(20)3/h6-9,11-12,19H,4-5,10H2,1-3H3. The highest BCUT2D eigenvalue weighted by Gasteiger charge is 2.31. The highest BCUT2D eigenvalue weighted by atomic mass is 16.5. The first kappa shape index (κ1) is 17.4. The van der Waals surface area contributed by atoms with Crippen molar-refractivity contribution in [3.05, 3.63) is 65.1 Å². The largest absolute Gasteiger partial charge is 0.361 e. The fourth-order valence-corrected chi connectivity index (χ4v) is 3.72. The van der Waals surface area contributed by atoms with Crippen LogP contribution in [0.2, 0.25) is 0 Å². The molecule has 1 fully saturated rings. The van der Waals surface area contributed by atoms with Gasteiger partial charge in [0.1, 0.15) is 5.76 Å². The molecule has 0 saturated carbocycles. The van der Waals surface area contributed by atoms with Crippen LogP contribution in [0.3, 0.4) is 0 Å². The minimum Gasteiger partial charge on any atom is -0.361 e. The predicted molar refractivity (Wildman–Crippen MR) is 101 cm³/mol. The minimum atomic E-state index is -0.00229. The Morgan fingerprint density at radius 3 is 2.59 bits per heavy atom. The molecule has 3 aromatic rings. The molecule has 0 aromatic carbocycles. The van der Waals surface area contributed by atoms with E-state index in [1.165, 1.54) is 0 Å². The van der Waals surface area contributed by atoms with Gasteiger partial charge in [0.15, 0.2) is 0 Å². The molecular weight excluding hydrogens is 340 g/mol. The summed E-state index contributed by atoms with van der Waals surface area (Å²) in [5.74, 6) is 0.799. The molecule has 4 rings (SSSR count). The number of aromatic nitrogens is 3. The number of pyridine rings is 2. The molecule has 27 heavy (non-hydrogen) atoms. The van der Waals surface area contributed by atoms with Crippen molar-refractivity contribution < 1.29 is 9.32 Å². The van der Waals surface area contributed by atoms with E-state index in [0.29, 0.717) is 5.56 Å². The van der Waals surface area contributed by atoms with Crippen LogP contribution >= 0.6 is 0 Å². The number of nitrogens with zero attached hydrogens (tertiary/aromatic N) is 4. The number of hydrogen-bond donors (Lipinski definition) is 0. The summed E-state index contributed by atoms with van der Waals surface area (Å²) < 4.78 is 5.25. The van der Waals surface area contributed by atoms with Crippen LogP contribution in [-0.2, 0) is 0 Å². The van der Waals surface area contributed by atoms with Crippen molar-refractivity contribution in [2.75, 3.05) is 6.54 Å². The third kappa shape index (κ3) is 3.23. The molecule has 1 aliphatic heterocycles. The lowest BCUT2D eigenvalue weighted by molar-refractivity contribution is 0.0732. The summed E-state index contributed by atoms with van der Waals surface area (Å²) in [6.07, 6.45) is 5.39. The van der Waals surface area contributed by atoms with Gasteiger partial charge in [-0.25, -0.2) is 0 Å². The fourth-order valence-electron chi connectivity index (χ4n) is 3.72. The molecule has 1 atom stereocenters. The second-order valence-corrected chi connectivity index (χ2v) is 7.02. The molecule has 1 aliphatic rings. The van der Waals surface area contributed by atoms with Gasteiger partial charge < -0.3 is 9.42 Å². The maximum Gasteiger partial charge on any atom is 0.255 e. The van der Waals surface area contributed by atoms with Gasteiger partial charge in [-0.15, -0.1) is 0 Å². The van der Waals surface area contributed by atoms with Crippen molar-refractivity contribution in [1.29, 1.82) is 0 Å². The summed E-state index contributed by atoms with van der Waals surface area (Å²) in [6, 6.07) is 7.74. The van der Waals surface area contributed by atoms with Crippen LogP contribution in [0.15, 0.2) is 41.2 Å². The summed E-state index contributed by atoms with van der Waals surface area (Å²) in [7, 11) is 0. The Hall–Kier alpha value is -3.02. The highest BCUT2D eigenvalue weighted by Crippen LogP contribution is 2.33. The van der Waals surface area contributed by atoms with E-state index in [4.69, 9.17) is 4.52 Å². The first-order valence-electron chi connectivity index (χ1n) is 9.17. The van der Waals surface area contributed by atoms with Gasteiger partial charge in [-0.3, -0.25) is 14.8 Å². The highest BCUT2D eigenvalue weighted by molar-refractivity contribution is 5.94. The Bertz CT molecular complexity index is 941. The number of carbonyl (C=O) groups excluding carboxylic acids is 1. The van der Waals surface area contributed by atoms with Crippen molar-refractivity contribution in [2.24, 2.45) is 0 Å². The van der Waals surface area contributed by atoms with Crippen LogP contribution in [0.25, 0.3) is 11.1 Å². The van der Waals surface area contributed by atoms with Crippen LogP contribution < -0.4 is 0 Å². The molecule has 4 heterocycles. The van der Waals surface area contributed by atoms with E-state index >= 15 is 0 Å². The van der Waals surface area contributed by atoms with Gasteiger partial charge in [0.05, 0.1) is 23.0 Å². The summed E-state index contributed by atoms with van der Waals surface area (Å²) in [5, 5.41) is 4.01. The normalized spacial score (nSPS) is 16.7. The molecule has 0 spiro atoms. The van der Waals surface area contributed by atoms with E-state index in [1.54, 1.807) is 6.20 Å². The van der Waals surface area contributed by atoms with Crippen molar-refractivity contribution >= 4 is 5.91 Å². The van der Waals surface area contributed by atoms with Gasteiger partial charge in [-0.2, -0.15) is 0 Å². The smallest absolute Gasteiger partial charge is 0.255 e. The van der Waals surface area contributed by atoms with E-state index < -0.39 is 0 Å². The van der Waals surface area contributed by atoms with Crippen molar-refractivity contribution in [2.45, 2.75) is 39.7 Å². The predicted octanol–water partition coefficient (Wildman–Crippen LogP) is 4.03. The average Bonchev–Trinajstić information content (AvgIpc) is 3.29. The third-order valence-corrected chi connectivity index (χ3v) is 5.12. The zero-order valence-corrected chi connectivity index (χ0v) is 15.8. The molecule has 138 valence electrons. The maximum atomic E-state index is 12.9. The zero-order valence-electron chi connectivity index (χ0n) is 15.8. The number of likely N-dealkylation sites (tertiary alicyclic amines) is 1. The quantitative estimate of drug-likeness (QED) is 0.703. The molecule has 3 aromatic heterocycles. The number of hydrogen-bond acceptors (Lipinski definition) is 5. The molecule has 6 nitrogen and oxygen atoms in total. The monoisotopic (exact) mass is 362 g/mol. The van der Waals surface area contributed by atoms with Gasteiger partial charge in [0, 0.05) is 35.8 Å². The van der Waals surface area contributed by atoms with Crippen LogP contribution in [0.5, 0.6) is 0 Å². The molecule has 6 heteroatoms. The van der Waals surface area contributed by atoms with Gasteiger partial charge in [0.2, 0.25) is 0 Å². The topological polar surface area (TPSA) is 72.1 Å². The van der Waals surface area contributed by atoms with Crippen molar-refractivity contribution in [1.82, 2.24) is 20.0 Å². The molecule has 0 N–H and O–H groups in total. The summed E-state index contributed by atoms with van der Waals surface area (Å²) in [6.45, 7) is 6.48. The van der Waals surface area contributed by atoms with Crippen molar-refractivity contribution in [3.8, 4) is 11.1 Å². The number of carbonyl (C=O) groups is 1. The Kier molecular flexibility index (Phi) is 4.48. The fraction of sp³-hybridized carbons (Fsp3) is 0.333. The number of rotatable bonds is 3. The van der Waals surface area contributed by atoms with Crippen LogP contribution in [0, 0.1) is 20.8 Å². The first-order chi connectivity index (χ1) is 13.0. The Balaban J connectivity index is 1.59.